The SMILES string of the molecule is CCC1(CC)CN(CC2(OC)CCC2)CCN1. The topological polar surface area (TPSA) is 24.5 Å². The first kappa shape index (κ1) is 13.3. The molecule has 3 heteroatoms. The maximum absolute atomic E-state index is 5.75. The van der Waals surface area contributed by atoms with Crippen LogP contribution in [0.4, 0.5) is 0 Å². The Morgan fingerprint density at radius 1 is 1.24 bits per heavy atom. The van der Waals surface area contributed by atoms with Gasteiger partial charge in [-0.25, -0.2) is 0 Å². The zero-order chi connectivity index (χ0) is 12.4. The Balaban J connectivity index is 1.93. The van der Waals surface area contributed by atoms with E-state index in [1.165, 1.54) is 45.2 Å². The minimum atomic E-state index is 0.185. The molecule has 1 heterocycles. The van der Waals surface area contributed by atoms with Crippen LogP contribution in [0, 0.1) is 0 Å². The van der Waals surface area contributed by atoms with Crippen LogP contribution in [0.1, 0.15) is 46.0 Å². The van der Waals surface area contributed by atoms with Gasteiger partial charge >= 0.3 is 0 Å². The summed E-state index contributed by atoms with van der Waals surface area (Å²) in [6, 6.07) is 0. The van der Waals surface area contributed by atoms with Gasteiger partial charge in [-0.2, -0.15) is 0 Å². The van der Waals surface area contributed by atoms with E-state index in [1.54, 1.807) is 0 Å². The van der Waals surface area contributed by atoms with Crippen molar-refractivity contribution in [2.45, 2.75) is 57.1 Å². The molecule has 0 spiro atoms. The third-order valence-corrected chi connectivity index (χ3v) is 5.02. The molecule has 2 rings (SSSR count). The highest BCUT2D eigenvalue weighted by Gasteiger charge is 2.41. The Kier molecular flexibility index (Phi) is 4.11. The Morgan fingerprint density at radius 3 is 2.41 bits per heavy atom. The first-order valence-electron chi connectivity index (χ1n) is 7.20. The molecule has 0 aromatic carbocycles. The summed E-state index contributed by atoms with van der Waals surface area (Å²) in [7, 11) is 1.88. The monoisotopic (exact) mass is 240 g/mol. The van der Waals surface area contributed by atoms with E-state index in [0.717, 1.165) is 13.1 Å². The van der Waals surface area contributed by atoms with Crippen molar-refractivity contribution in [2.24, 2.45) is 0 Å². The van der Waals surface area contributed by atoms with Crippen LogP contribution < -0.4 is 5.32 Å². The fraction of sp³-hybridized carbons (Fsp3) is 1.00. The average Bonchev–Trinajstić information content (AvgIpc) is 2.34. The number of methoxy groups -OCH3 is 1. The van der Waals surface area contributed by atoms with Gasteiger partial charge in [0.05, 0.1) is 5.60 Å². The zero-order valence-corrected chi connectivity index (χ0v) is 11.7. The van der Waals surface area contributed by atoms with Gasteiger partial charge in [-0.15, -0.1) is 0 Å². The molecule has 1 aliphatic heterocycles. The number of ether oxygens (including phenoxy) is 1. The van der Waals surface area contributed by atoms with Gasteiger partial charge in [-0.05, 0) is 32.1 Å². The highest BCUT2D eigenvalue weighted by Crippen LogP contribution is 2.36. The molecule has 0 bridgehead atoms. The standard InChI is InChI=1S/C14H28N2O/c1-4-13(5-2)11-16(10-9-15-13)12-14(17-3)7-6-8-14/h15H,4-12H2,1-3H3. The average molecular weight is 240 g/mol. The van der Waals surface area contributed by atoms with Gasteiger partial charge in [0.25, 0.3) is 0 Å². The summed E-state index contributed by atoms with van der Waals surface area (Å²) in [6.45, 7) is 9.22. The number of nitrogens with one attached hydrogen (secondary N) is 1. The van der Waals surface area contributed by atoms with E-state index in [4.69, 9.17) is 4.74 Å². The van der Waals surface area contributed by atoms with E-state index in [9.17, 15) is 0 Å². The van der Waals surface area contributed by atoms with Crippen LogP contribution in [0.25, 0.3) is 0 Å². The van der Waals surface area contributed by atoms with Crippen LogP contribution >= 0.6 is 0 Å². The van der Waals surface area contributed by atoms with Crippen LogP contribution in [0.5, 0.6) is 0 Å². The van der Waals surface area contributed by atoms with Gasteiger partial charge in [0, 0.05) is 38.8 Å². The van der Waals surface area contributed by atoms with Gasteiger partial charge in [0.1, 0.15) is 0 Å². The molecule has 0 aromatic heterocycles. The summed E-state index contributed by atoms with van der Waals surface area (Å²) in [5, 5.41) is 3.72. The van der Waals surface area contributed by atoms with Crippen molar-refractivity contribution in [2.75, 3.05) is 33.3 Å². The van der Waals surface area contributed by atoms with Gasteiger partial charge in [0.15, 0.2) is 0 Å². The summed E-state index contributed by atoms with van der Waals surface area (Å²) in [5.41, 5.74) is 0.529. The summed E-state index contributed by atoms with van der Waals surface area (Å²) in [4.78, 5) is 2.62. The third kappa shape index (κ3) is 2.67. The molecule has 17 heavy (non-hydrogen) atoms. The Labute approximate surface area is 106 Å². The lowest BCUT2D eigenvalue weighted by molar-refractivity contribution is -0.0976. The molecular formula is C14H28N2O. The molecule has 0 amide bonds. The second kappa shape index (κ2) is 5.25. The highest BCUT2D eigenvalue weighted by atomic mass is 16.5. The summed E-state index contributed by atoms with van der Waals surface area (Å²) >= 11 is 0. The van der Waals surface area contributed by atoms with Crippen molar-refractivity contribution < 1.29 is 4.74 Å². The Hall–Kier alpha value is -0.120. The lowest BCUT2D eigenvalue weighted by Crippen LogP contribution is -2.63. The van der Waals surface area contributed by atoms with E-state index in [1.807, 2.05) is 7.11 Å². The van der Waals surface area contributed by atoms with Crippen LogP contribution in [-0.4, -0.2) is 49.3 Å². The van der Waals surface area contributed by atoms with Gasteiger partial charge in [0.2, 0.25) is 0 Å². The minimum absolute atomic E-state index is 0.185. The van der Waals surface area contributed by atoms with Crippen molar-refractivity contribution in [3.63, 3.8) is 0 Å². The normalized spacial score (nSPS) is 27.7. The molecule has 1 N–H and O–H groups in total. The molecule has 0 unspecified atom stereocenters. The van der Waals surface area contributed by atoms with Crippen molar-refractivity contribution in [1.29, 1.82) is 0 Å². The maximum atomic E-state index is 5.75. The molecule has 2 fully saturated rings. The summed E-state index contributed by atoms with van der Waals surface area (Å²) in [6.07, 6.45) is 6.28. The van der Waals surface area contributed by atoms with Gasteiger partial charge in [-0.3, -0.25) is 4.90 Å². The number of piperazine rings is 1. The second-order valence-corrected chi connectivity index (χ2v) is 5.87. The third-order valence-electron chi connectivity index (χ3n) is 5.02. The maximum Gasteiger partial charge on any atom is 0.0805 e. The minimum Gasteiger partial charge on any atom is -0.377 e. The second-order valence-electron chi connectivity index (χ2n) is 5.87. The molecular weight excluding hydrogens is 212 g/mol. The Bertz CT molecular complexity index is 239. The number of nitrogens with zero attached hydrogens (tertiary/aromatic N) is 1. The highest BCUT2D eigenvalue weighted by molar-refractivity contribution is 4.98. The van der Waals surface area contributed by atoms with E-state index in [2.05, 4.69) is 24.1 Å². The van der Waals surface area contributed by atoms with Crippen molar-refractivity contribution in [3.05, 3.63) is 0 Å². The number of rotatable bonds is 5. The molecule has 100 valence electrons. The first-order valence-corrected chi connectivity index (χ1v) is 7.20. The fourth-order valence-corrected chi connectivity index (χ4v) is 3.31. The van der Waals surface area contributed by atoms with Gasteiger partial charge < -0.3 is 10.1 Å². The summed E-state index contributed by atoms with van der Waals surface area (Å²) in [5.74, 6) is 0. The number of hydrogen-bond donors (Lipinski definition) is 1. The van der Waals surface area contributed by atoms with Crippen LogP contribution in [0.2, 0.25) is 0 Å². The number of hydrogen-bond acceptors (Lipinski definition) is 3. The zero-order valence-electron chi connectivity index (χ0n) is 11.7. The lowest BCUT2D eigenvalue weighted by Gasteiger charge is -2.49. The van der Waals surface area contributed by atoms with Gasteiger partial charge in [-0.1, -0.05) is 13.8 Å². The van der Waals surface area contributed by atoms with Crippen LogP contribution in [0.15, 0.2) is 0 Å². The summed E-state index contributed by atoms with van der Waals surface area (Å²) < 4.78 is 5.75. The quantitative estimate of drug-likeness (QED) is 0.795. The molecule has 1 saturated carbocycles. The van der Waals surface area contributed by atoms with Crippen molar-refractivity contribution >= 4 is 0 Å². The molecule has 0 radical (unpaired) electrons. The molecule has 0 atom stereocenters. The van der Waals surface area contributed by atoms with Crippen molar-refractivity contribution in [3.8, 4) is 0 Å². The van der Waals surface area contributed by atoms with E-state index < -0.39 is 0 Å². The molecule has 1 saturated heterocycles. The molecule has 3 nitrogen and oxygen atoms in total. The predicted octanol–water partition coefficient (Wildman–Crippen LogP) is 2.02. The largest absolute Gasteiger partial charge is 0.377 e. The van der Waals surface area contributed by atoms with E-state index in [-0.39, 0.29) is 5.60 Å². The lowest BCUT2D eigenvalue weighted by atomic mass is 9.79. The van der Waals surface area contributed by atoms with E-state index in [0.29, 0.717) is 5.54 Å². The molecule has 2 aliphatic rings. The fourth-order valence-electron chi connectivity index (χ4n) is 3.31. The van der Waals surface area contributed by atoms with Crippen molar-refractivity contribution in [1.82, 2.24) is 10.2 Å². The predicted molar refractivity (Wildman–Crippen MR) is 71.3 cm³/mol. The molecule has 1 aliphatic carbocycles. The first-order chi connectivity index (χ1) is 8.17. The molecule has 0 aromatic rings. The van der Waals surface area contributed by atoms with Crippen LogP contribution in [-0.2, 0) is 4.74 Å². The van der Waals surface area contributed by atoms with E-state index >= 15 is 0 Å². The smallest absolute Gasteiger partial charge is 0.0805 e. The Morgan fingerprint density at radius 2 is 1.94 bits per heavy atom. The van der Waals surface area contributed by atoms with Crippen LogP contribution in [0.3, 0.4) is 0 Å².